The van der Waals surface area contributed by atoms with Gasteiger partial charge < -0.3 is 14.9 Å². The minimum absolute atomic E-state index is 0.0373. The number of ketones is 1. The number of allylic oxidation sites excluding steroid dienone is 1. The van der Waals surface area contributed by atoms with Crippen molar-refractivity contribution in [2.75, 3.05) is 0 Å². The predicted molar refractivity (Wildman–Crippen MR) is 136 cm³/mol. The largest absolute Gasteiger partial charge is 0.458 e. The Balaban J connectivity index is 2.29. The number of Topliss-reactive ketones (excluding diaryl/α,β-unsaturated/α-hetero) is 1. The summed E-state index contributed by atoms with van der Waals surface area (Å²) in [6.07, 6.45) is 6.57. The third-order valence-corrected chi connectivity index (χ3v) is 7.72. The second-order valence-electron chi connectivity index (χ2n) is 10.1. The molecule has 0 bridgehead atoms. The van der Waals surface area contributed by atoms with Gasteiger partial charge in [-0.15, -0.1) is 11.3 Å². The van der Waals surface area contributed by atoms with Crippen molar-refractivity contribution < 1.29 is 24.5 Å². The number of nitrogens with zero attached hydrogens (tertiary/aromatic N) is 1. The Labute approximate surface area is 208 Å². The van der Waals surface area contributed by atoms with Crippen molar-refractivity contribution >= 4 is 29.2 Å². The van der Waals surface area contributed by atoms with Crippen LogP contribution in [0.4, 0.5) is 0 Å². The van der Waals surface area contributed by atoms with Gasteiger partial charge in [0.1, 0.15) is 11.9 Å². The smallest absolute Gasteiger partial charge is 0.309 e. The van der Waals surface area contributed by atoms with Crippen molar-refractivity contribution in [1.29, 1.82) is 0 Å². The summed E-state index contributed by atoms with van der Waals surface area (Å²) in [4.78, 5) is 30.5. The number of hydrogen-bond donors (Lipinski definition) is 2. The molecule has 5 atom stereocenters. The third-order valence-electron chi connectivity index (χ3n) is 6.93. The molecule has 0 saturated carbocycles. The Morgan fingerprint density at radius 1 is 1.26 bits per heavy atom. The van der Waals surface area contributed by atoms with Gasteiger partial charge in [0.15, 0.2) is 0 Å². The number of aliphatic hydroxyl groups excluding tert-OH is 2. The highest BCUT2D eigenvalue weighted by molar-refractivity contribution is 7.09. The van der Waals surface area contributed by atoms with Crippen molar-refractivity contribution in [3.05, 3.63) is 33.8 Å². The fraction of sp³-hybridized carbons (Fsp3) is 0.667. The number of ether oxygens (including phenoxy) is 1. The van der Waals surface area contributed by atoms with Crippen molar-refractivity contribution in [3.8, 4) is 0 Å². The van der Waals surface area contributed by atoms with Crippen LogP contribution >= 0.6 is 11.3 Å². The van der Waals surface area contributed by atoms with Crippen molar-refractivity contribution in [2.24, 2.45) is 17.3 Å². The maximum atomic E-state index is 13.3. The molecule has 6 nitrogen and oxygen atoms in total. The monoisotopic (exact) mass is 491 g/mol. The zero-order valence-electron chi connectivity index (χ0n) is 21.4. The Hall–Kier alpha value is -1.83. The molecule has 7 heteroatoms. The van der Waals surface area contributed by atoms with Gasteiger partial charge >= 0.3 is 5.97 Å². The lowest BCUT2D eigenvalue weighted by Gasteiger charge is -2.35. The Morgan fingerprint density at radius 3 is 2.59 bits per heavy atom. The lowest BCUT2D eigenvalue weighted by Crippen LogP contribution is -2.46. The van der Waals surface area contributed by atoms with E-state index in [9.17, 15) is 19.8 Å². The summed E-state index contributed by atoms with van der Waals surface area (Å²) in [6, 6.07) is 0. The highest BCUT2D eigenvalue weighted by atomic mass is 32.1. The number of carbonyl (C=O) groups excluding carboxylic acids is 2. The van der Waals surface area contributed by atoms with Gasteiger partial charge in [-0.25, -0.2) is 4.98 Å². The molecule has 1 aromatic rings. The average molecular weight is 492 g/mol. The average Bonchev–Trinajstić information content (AvgIpc) is 3.20. The summed E-state index contributed by atoms with van der Waals surface area (Å²) >= 11 is 1.56. The zero-order chi connectivity index (χ0) is 25.5. The van der Waals surface area contributed by atoms with E-state index in [1.165, 1.54) is 5.57 Å². The van der Waals surface area contributed by atoms with Gasteiger partial charge in [-0.3, -0.25) is 9.59 Å². The summed E-state index contributed by atoms with van der Waals surface area (Å²) < 4.78 is 5.70. The molecule has 0 aliphatic carbocycles. The van der Waals surface area contributed by atoms with Gasteiger partial charge in [0.2, 0.25) is 0 Å². The number of aliphatic hydroxyl groups is 2. The molecule has 0 fully saturated rings. The lowest BCUT2D eigenvalue weighted by molar-refractivity contribution is -0.154. The van der Waals surface area contributed by atoms with Gasteiger partial charge in [0.05, 0.1) is 34.7 Å². The van der Waals surface area contributed by atoms with E-state index in [-0.39, 0.29) is 18.1 Å². The van der Waals surface area contributed by atoms with E-state index in [0.717, 1.165) is 30.0 Å². The third kappa shape index (κ3) is 7.85. The van der Waals surface area contributed by atoms with Crippen molar-refractivity contribution in [1.82, 2.24) is 4.98 Å². The summed E-state index contributed by atoms with van der Waals surface area (Å²) in [5.41, 5.74) is 0.825. The van der Waals surface area contributed by atoms with E-state index in [0.29, 0.717) is 12.8 Å². The maximum absolute atomic E-state index is 13.3. The summed E-state index contributed by atoms with van der Waals surface area (Å²) in [5, 5.41) is 24.7. The van der Waals surface area contributed by atoms with Crippen LogP contribution in [-0.2, 0) is 14.3 Å². The molecule has 2 rings (SSSR count). The van der Waals surface area contributed by atoms with E-state index >= 15 is 0 Å². The molecule has 1 aromatic heterocycles. The van der Waals surface area contributed by atoms with Crippen LogP contribution < -0.4 is 0 Å². The molecule has 1 aliphatic heterocycles. The highest BCUT2D eigenvalue weighted by Crippen LogP contribution is 2.33. The van der Waals surface area contributed by atoms with E-state index in [1.807, 2.05) is 38.3 Å². The van der Waals surface area contributed by atoms with Gasteiger partial charge in [-0.2, -0.15) is 0 Å². The van der Waals surface area contributed by atoms with Gasteiger partial charge in [0, 0.05) is 17.7 Å². The molecule has 1 aliphatic rings. The second kappa shape index (κ2) is 12.8. The molecule has 2 N–H and O–H groups in total. The van der Waals surface area contributed by atoms with Crippen molar-refractivity contribution in [3.63, 3.8) is 0 Å². The van der Waals surface area contributed by atoms with E-state index in [2.05, 4.69) is 18.0 Å². The molecule has 2 heterocycles. The second-order valence-corrected chi connectivity index (χ2v) is 11.2. The first-order chi connectivity index (χ1) is 15.9. The first kappa shape index (κ1) is 28.4. The predicted octanol–water partition coefficient (Wildman–Crippen LogP) is 5.27. The number of esters is 1. The molecule has 0 radical (unpaired) electrons. The van der Waals surface area contributed by atoms with Crippen LogP contribution in [0.15, 0.2) is 23.1 Å². The minimum atomic E-state index is -1.21. The van der Waals surface area contributed by atoms with Crippen LogP contribution in [0.5, 0.6) is 0 Å². The quantitative estimate of drug-likeness (QED) is 0.442. The molecular weight excluding hydrogens is 450 g/mol. The number of carbonyl (C=O) groups is 2. The van der Waals surface area contributed by atoms with E-state index < -0.39 is 35.6 Å². The maximum Gasteiger partial charge on any atom is 0.309 e. The molecule has 0 unspecified atom stereocenters. The van der Waals surface area contributed by atoms with E-state index in [4.69, 9.17) is 4.74 Å². The topological polar surface area (TPSA) is 96.7 Å². The Bertz CT molecular complexity index is 887. The fourth-order valence-electron chi connectivity index (χ4n) is 4.37. The zero-order valence-corrected chi connectivity index (χ0v) is 22.2. The van der Waals surface area contributed by atoms with Gasteiger partial charge in [0.25, 0.3) is 0 Å². The van der Waals surface area contributed by atoms with Crippen LogP contribution in [0.2, 0.25) is 0 Å². The number of aryl methyl sites for hydroxylation is 1. The Morgan fingerprint density at radius 2 is 1.97 bits per heavy atom. The summed E-state index contributed by atoms with van der Waals surface area (Å²) in [5.74, 6) is -1.40. The first-order valence-electron chi connectivity index (χ1n) is 12.3. The first-order valence-corrected chi connectivity index (χ1v) is 13.2. The lowest BCUT2D eigenvalue weighted by atomic mass is 9.71. The van der Waals surface area contributed by atoms with Gasteiger partial charge in [-0.1, -0.05) is 39.3 Å². The summed E-state index contributed by atoms with van der Waals surface area (Å²) in [7, 11) is 0. The van der Waals surface area contributed by atoms with Crippen LogP contribution in [0.1, 0.15) is 83.8 Å². The molecule has 34 heavy (non-hydrogen) atoms. The standard InChI is InChI=1S/C27H41NO5S/c1-7-22-25(31)18(3)10-8-9-17(2)11-13-21(14-12-20-16-34-19(4)28-20)33-24(30)15-23(29)27(5,6)26(22)32/h11-12,14,16,18,21-23,25,29,31H,7-10,13,15H2,1-6H3/t18-,21-,22+,23-,25-/m0/s1. The summed E-state index contributed by atoms with van der Waals surface area (Å²) in [6.45, 7) is 11.1. The van der Waals surface area contributed by atoms with Gasteiger partial charge in [-0.05, 0) is 57.6 Å². The molecule has 0 saturated heterocycles. The van der Waals surface area contributed by atoms with Crippen LogP contribution in [0, 0.1) is 24.2 Å². The molecule has 0 spiro atoms. The highest BCUT2D eigenvalue weighted by Gasteiger charge is 2.43. The molecule has 0 aromatic carbocycles. The van der Waals surface area contributed by atoms with Crippen LogP contribution in [0.25, 0.3) is 6.08 Å². The number of rotatable bonds is 3. The SMILES string of the molecule is CC[C@H]1C(=O)C(C)(C)[C@@H](O)CC(=O)O[C@H](C=Cc2csc(C)n2)CC=C(C)CCC[C@H](C)[C@@H]1O. The number of aromatic nitrogens is 1. The number of cyclic esters (lactones) is 1. The molecule has 190 valence electrons. The minimum Gasteiger partial charge on any atom is -0.458 e. The van der Waals surface area contributed by atoms with Crippen molar-refractivity contribution in [2.45, 2.75) is 98.4 Å². The van der Waals surface area contributed by atoms with E-state index in [1.54, 1.807) is 25.2 Å². The Kier molecular flexibility index (Phi) is 10.7. The number of hydrogen-bond acceptors (Lipinski definition) is 7. The fourth-order valence-corrected chi connectivity index (χ4v) is 4.95. The van der Waals surface area contributed by atoms with Crippen LogP contribution in [0.3, 0.4) is 0 Å². The number of thiazole rings is 1. The molecule has 0 amide bonds. The molecular formula is C27H41NO5S. The normalized spacial score (nSPS) is 30.2. The van der Waals surface area contributed by atoms with Crippen LogP contribution in [-0.4, -0.2) is 45.3 Å².